The molecule has 1 aliphatic rings. The molecule has 5 heteroatoms. The lowest BCUT2D eigenvalue weighted by atomic mass is 10.0. The molecule has 2 heterocycles. The smallest absolute Gasteiger partial charge is 0.152 e. The van der Waals surface area contributed by atoms with Crippen molar-refractivity contribution < 1.29 is 0 Å². The summed E-state index contributed by atoms with van der Waals surface area (Å²) in [5, 5.41) is 1.12. The molecule has 0 spiro atoms. The number of hydrogen-bond acceptors (Lipinski definition) is 4. The second-order valence-electron chi connectivity index (χ2n) is 11.6. The molecule has 0 saturated heterocycles. The normalized spacial score (nSPS) is 14.4. The molecule has 2 aromatic carbocycles. The van der Waals surface area contributed by atoms with Gasteiger partial charge in [-0.1, -0.05) is 68.7 Å². The highest BCUT2D eigenvalue weighted by Crippen LogP contribution is 2.34. The zero-order valence-electron chi connectivity index (χ0n) is 22.4. The molecule has 0 atom stereocenters. The Balaban J connectivity index is 1.43. The highest BCUT2D eigenvalue weighted by molar-refractivity contribution is 6.06. The van der Waals surface area contributed by atoms with Gasteiger partial charge in [0.25, 0.3) is 0 Å². The second-order valence-corrected chi connectivity index (χ2v) is 11.6. The summed E-state index contributed by atoms with van der Waals surface area (Å²) in [6, 6.07) is 17.5. The van der Waals surface area contributed by atoms with Gasteiger partial charge in [0.05, 0.1) is 11.0 Å². The minimum Gasteiger partial charge on any atom is -0.382 e. The second kappa shape index (κ2) is 10.2. The molecule has 36 heavy (non-hydrogen) atoms. The van der Waals surface area contributed by atoms with Crippen LogP contribution in [0.15, 0.2) is 48.5 Å². The number of nitrogen functional groups attached to an aromatic ring is 1. The molecule has 0 aliphatic heterocycles. The van der Waals surface area contributed by atoms with Crippen LogP contribution in [-0.2, 0) is 19.5 Å². The summed E-state index contributed by atoms with van der Waals surface area (Å²) >= 11 is 0. The van der Waals surface area contributed by atoms with Crippen LogP contribution in [-0.4, -0.2) is 31.5 Å². The quantitative estimate of drug-likeness (QED) is 0.265. The SMILES string of the molecule is CCCCc1nc2c(N)nc3ccccc3c2n1Cc1ccc(CN(CCC2CC2)C(C)(C)C)cc1. The number of benzene rings is 2. The summed E-state index contributed by atoms with van der Waals surface area (Å²) < 4.78 is 2.37. The van der Waals surface area contributed by atoms with Crippen molar-refractivity contribution in [1.29, 1.82) is 0 Å². The molecule has 0 unspecified atom stereocenters. The number of pyridine rings is 1. The molecule has 1 saturated carbocycles. The number of nitrogens with zero attached hydrogens (tertiary/aromatic N) is 4. The molecule has 5 rings (SSSR count). The largest absolute Gasteiger partial charge is 0.382 e. The first-order chi connectivity index (χ1) is 17.3. The van der Waals surface area contributed by atoms with E-state index in [0.717, 1.165) is 66.0 Å². The number of fused-ring (bicyclic) bond motifs is 3. The van der Waals surface area contributed by atoms with Gasteiger partial charge in [-0.3, -0.25) is 4.90 Å². The predicted octanol–water partition coefficient (Wildman–Crippen LogP) is 6.96. The lowest BCUT2D eigenvalue weighted by Gasteiger charge is -2.36. The summed E-state index contributed by atoms with van der Waals surface area (Å²) in [5.74, 6) is 2.58. The number of aromatic nitrogens is 3. The Morgan fingerprint density at radius 1 is 1.00 bits per heavy atom. The number of nitrogens with two attached hydrogens (primary N) is 1. The van der Waals surface area contributed by atoms with Crippen molar-refractivity contribution in [3.05, 3.63) is 65.5 Å². The van der Waals surface area contributed by atoms with E-state index in [4.69, 9.17) is 10.7 Å². The third-order valence-electron chi connectivity index (χ3n) is 7.63. The van der Waals surface area contributed by atoms with Crippen molar-refractivity contribution in [2.45, 2.75) is 84.8 Å². The van der Waals surface area contributed by atoms with Crippen LogP contribution in [0.25, 0.3) is 21.9 Å². The minimum atomic E-state index is 0.173. The monoisotopic (exact) mass is 483 g/mol. The van der Waals surface area contributed by atoms with Crippen LogP contribution < -0.4 is 5.73 Å². The summed E-state index contributed by atoms with van der Waals surface area (Å²) in [6.45, 7) is 12.2. The van der Waals surface area contributed by atoms with E-state index < -0.39 is 0 Å². The van der Waals surface area contributed by atoms with Gasteiger partial charge in [-0.15, -0.1) is 0 Å². The van der Waals surface area contributed by atoms with E-state index in [1.165, 1.54) is 36.9 Å². The lowest BCUT2D eigenvalue weighted by molar-refractivity contribution is 0.123. The molecule has 2 aromatic heterocycles. The maximum absolute atomic E-state index is 6.38. The van der Waals surface area contributed by atoms with E-state index in [-0.39, 0.29) is 5.54 Å². The van der Waals surface area contributed by atoms with Gasteiger partial charge in [-0.25, -0.2) is 9.97 Å². The van der Waals surface area contributed by atoms with Crippen LogP contribution in [0.1, 0.15) is 76.8 Å². The van der Waals surface area contributed by atoms with E-state index >= 15 is 0 Å². The number of unbranched alkanes of at least 4 members (excludes halogenated alkanes) is 1. The summed E-state index contributed by atoms with van der Waals surface area (Å²) in [6.07, 6.45) is 7.36. The lowest BCUT2D eigenvalue weighted by Crippen LogP contribution is -2.41. The molecule has 0 bridgehead atoms. The molecule has 5 nitrogen and oxygen atoms in total. The Bertz CT molecular complexity index is 1330. The first kappa shape index (κ1) is 24.8. The van der Waals surface area contributed by atoms with Gasteiger partial charge < -0.3 is 10.3 Å². The van der Waals surface area contributed by atoms with Gasteiger partial charge in [0, 0.05) is 30.4 Å². The van der Waals surface area contributed by atoms with E-state index in [0.29, 0.717) is 5.82 Å². The molecular weight excluding hydrogens is 442 g/mol. The number of para-hydroxylation sites is 1. The van der Waals surface area contributed by atoms with Gasteiger partial charge in [-0.05, 0) is 63.3 Å². The fraction of sp³-hybridized carbons (Fsp3) is 0.484. The Morgan fingerprint density at radius 3 is 2.42 bits per heavy atom. The topological polar surface area (TPSA) is 60.0 Å². The zero-order valence-corrected chi connectivity index (χ0v) is 22.4. The molecule has 0 radical (unpaired) electrons. The maximum Gasteiger partial charge on any atom is 0.152 e. The van der Waals surface area contributed by atoms with Gasteiger partial charge in [0.15, 0.2) is 5.82 Å². The van der Waals surface area contributed by atoms with Gasteiger partial charge in [0.1, 0.15) is 11.3 Å². The average Bonchev–Trinajstić information content (AvgIpc) is 3.61. The van der Waals surface area contributed by atoms with Gasteiger partial charge in [-0.2, -0.15) is 0 Å². The van der Waals surface area contributed by atoms with Crippen LogP contribution in [0.5, 0.6) is 0 Å². The predicted molar refractivity (Wildman–Crippen MR) is 151 cm³/mol. The molecule has 1 fully saturated rings. The Labute approximate surface area is 215 Å². The van der Waals surface area contributed by atoms with E-state index in [2.05, 4.69) is 78.5 Å². The van der Waals surface area contributed by atoms with Gasteiger partial charge >= 0.3 is 0 Å². The van der Waals surface area contributed by atoms with Crippen LogP contribution in [0.2, 0.25) is 0 Å². The molecule has 2 N–H and O–H groups in total. The van der Waals surface area contributed by atoms with Crippen molar-refractivity contribution in [2.24, 2.45) is 5.92 Å². The molecule has 1 aliphatic carbocycles. The molecule has 4 aromatic rings. The van der Waals surface area contributed by atoms with Crippen LogP contribution in [0.4, 0.5) is 5.82 Å². The van der Waals surface area contributed by atoms with E-state index in [9.17, 15) is 0 Å². The minimum absolute atomic E-state index is 0.173. The Hall–Kier alpha value is -2.92. The summed E-state index contributed by atoms with van der Waals surface area (Å²) in [5.41, 5.74) is 12.1. The molecule has 190 valence electrons. The number of anilines is 1. The van der Waals surface area contributed by atoms with Crippen LogP contribution in [0.3, 0.4) is 0 Å². The third kappa shape index (κ3) is 5.41. The van der Waals surface area contributed by atoms with E-state index in [1.54, 1.807) is 0 Å². The number of aryl methyl sites for hydroxylation is 1. The number of rotatable bonds is 10. The van der Waals surface area contributed by atoms with Crippen molar-refractivity contribution in [2.75, 3.05) is 12.3 Å². The van der Waals surface area contributed by atoms with Crippen molar-refractivity contribution >= 4 is 27.8 Å². The first-order valence-corrected chi connectivity index (χ1v) is 13.7. The first-order valence-electron chi connectivity index (χ1n) is 13.7. The van der Waals surface area contributed by atoms with Crippen LogP contribution in [0, 0.1) is 5.92 Å². The highest BCUT2D eigenvalue weighted by atomic mass is 15.2. The van der Waals surface area contributed by atoms with Crippen molar-refractivity contribution in [1.82, 2.24) is 19.4 Å². The molecule has 0 amide bonds. The fourth-order valence-electron chi connectivity index (χ4n) is 5.15. The number of imidazole rings is 1. The standard InChI is InChI=1S/C31H41N5/c1-5-6-11-27-34-28-29(25-9-7-8-10-26(25)33-30(28)32)36(27)21-24-16-14-23(15-17-24)20-35(31(2,3)4)19-18-22-12-13-22/h7-10,14-17,22H,5-6,11-13,18-21H2,1-4H3,(H2,32,33). The van der Waals surface area contributed by atoms with Crippen molar-refractivity contribution in [3.8, 4) is 0 Å². The summed E-state index contributed by atoms with van der Waals surface area (Å²) in [7, 11) is 0. The highest BCUT2D eigenvalue weighted by Gasteiger charge is 2.26. The van der Waals surface area contributed by atoms with E-state index in [1.807, 2.05) is 12.1 Å². The zero-order chi connectivity index (χ0) is 25.3. The fourth-order valence-corrected chi connectivity index (χ4v) is 5.15. The third-order valence-corrected chi connectivity index (χ3v) is 7.63. The molecular formula is C31H41N5. The van der Waals surface area contributed by atoms with Crippen molar-refractivity contribution in [3.63, 3.8) is 0 Å². The number of hydrogen-bond donors (Lipinski definition) is 1. The van der Waals surface area contributed by atoms with Crippen LogP contribution >= 0.6 is 0 Å². The maximum atomic E-state index is 6.38. The Kier molecular flexibility index (Phi) is 7.03. The summed E-state index contributed by atoms with van der Waals surface area (Å²) in [4.78, 5) is 12.3. The van der Waals surface area contributed by atoms with Gasteiger partial charge in [0.2, 0.25) is 0 Å². The Morgan fingerprint density at radius 2 is 1.72 bits per heavy atom. The average molecular weight is 484 g/mol.